The highest BCUT2D eigenvalue weighted by atomic mass is 127. The average molecular weight is 413 g/mol. The van der Waals surface area contributed by atoms with Crippen LogP contribution in [0.15, 0.2) is 4.99 Å². The number of hydrogen-bond acceptors (Lipinski definition) is 3. The van der Waals surface area contributed by atoms with Crippen molar-refractivity contribution in [2.45, 2.75) is 39.5 Å². The van der Waals surface area contributed by atoms with Crippen molar-refractivity contribution in [3.8, 4) is 0 Å². The van der Waals surface area contributed by atoms with E-state index >= 15 is 0 Å². The van der Waals surface area contributed by atoms with E-state index in [9.17, 15) is 0 Å². The molecule has 0 heterocycles. The molecule has 5 nitrogen and oxygen atoms in total. The topological polar surface area (TPSA) is 54.9 Å². The largest absolute Gasteiger partial charge is 0.382 e. The molecule has 6 heteroatoms. The van der Waals surface area contributed by atoms with Gasteiger partial charge in [0.1, 0.15) is 0 Å². The number of rotatable bonds is 12. The summed E-state index contributed by atoms with van der Waals surface area (Å²) in [6, 6.07) is 0. The van der Waals surface area contributed by atoms with E-state index in [2.05, 4.69) is 22.5 Å². The van der Waals surface area contributed by atoms with Gasteiger partial charge < -0.3 is 20.1 Å². The molecule has 2 N–H and O–H groups in total. The highest BCUT2D eigenvalue weighted by Crippen LogP contribution is 2.28. The summed E-state index contributed by atoms with van der Waals surface area (Å²) in [5.41, 5.74) is 0. The Kier molecular flexibility index (Phi) is 14.8. The fourth-order valence-corrected chi connectivity index (χ4v) is 1.76. The van der Waals surface area contributed by atoms with E-state index in [1.807, 2.05) is 6.92 Å². The fraction of sp³-hybridized carbons (Fsp3) is 0.933. The van der Waals surface area contributed by atoms with Gasteiger partial charge in [-0.15, -0.1) is 24.0 Å². The molecule has 0 aromatic rings. The van der Waals surface area contributed by atoms with Gasteiger partial charge >= 0.3 is 0 Å². The van der Waals surface area contributed by atoms with E-state index in [1.54, 1.807) is 0 Å². The lowest BCUT2D eigenvalue weighted by Crippen LogP contribution is -2.38. The third-order valence-electron chi connectivity index (χ3n) is 3.07. The van der Waals surface area contributed by atoms with E-state index in [0.29, 0.717) is 0 Å². The monoisotopic (exact) mass is 413 g/mol. The van der Waals surface area contributed by atoms with Crippen LogP contribution in [0.25, 0.3) is 0 Å². The van der Waals surface area contributed by atoms with E-state index in [1.165, 1.54) is 12.8 Å². The molecular weight excluding hydrogens is 381 g/mol. The molecular formula is C15H32IN3O2. The van der Waals surface area contributed by atoms with Crippen molar-refractivity contribution in [1.82, 2.24) is 10.6 Å². The van der Waals surface area contributed by atoms with Gasteiger partial charge in [-0.05, 0) is 45.4 Å². The van der Waals surface area contributed by atoms with Gasteiger partial charge in [-0.1, -0.05) is 0 Å². The highest BCUT2D eigenvalue weighted by Gasteiger charge is 2.20. The maximum atomic E-state index is 5.60. The first-order valence-electron chi connectivity index (χ1n) is 8.04. The molecule has 1 rings (SSSR count). The number of halogens is 1. The van der Waals surface area contributed by atoms with E-state index in [4.69, 9.17) is 9.47 Å². The number of hydrogen-bond donors (Lipinski definition) is 2. The lowest BCUT2D eigenvalue weighted by molar-refractivity contribution is 0.123. The summed E-state index contributed by atoms with van der Waals surface area (Å²) >= 11 is 0. The van der Waals surface area contributed by atoms with Crippen LogP contribution in [0.4, 0.5) is 0 Å². The van der Waals surface area contributed by atoms with Gasteiger partial charge in [0.25, 0.3) is 0 Å². The van der Waals surface area contributed by atoms with Crippen LogP contribution in [0, 0.1) is 5.92 Å². The Labute approximate surface area is 146 Å². The van der Waals surface area contributed by atoms with Crippen molar-refractivity contribution in [1.29, 1.82) is 0 Å². The molecule has 0 amide bonds. The lowest BCUT2D eigenvalue weighted by Gasteiger charge is -2.11. The van der Waals surface area contributed by atoms with Crippen molar-refractivity contribution in [3.05, 3.63) is 0 Å². The highest BCUT2D eigenvalue weighted by molar-refractivity contribution is 14.0. The van der Waals surface area contributed by atoms with Crippen molar-refractivity contribution in [3.63, 3.8) is 0 Å². The molecule has 1 saturated carbocycles. The van der Waals surface area contributed by atoms with Crippen molar-refractivity contribution in [2.24, 2.45) is 10.9 Å². The van der Waals surface area contributed by atoms with Crippen LogP contribution in [0.3, 0.4) is 0 Å². The van der Waals surface area contributed by atoms with E-state index < -0.39 is 0 Å². The minimum atomic E-state index is 0. The normalized spacial score (nSPS) is 14.7. The predicted molar refractivity (Wildman–Crippen MR) is 98.7 cm³/mol. The molecule has 0 aromatic carbocycles. The van der Waals surface area contributed by atoms with Crippen LogP contribution >= 0.6 is 24.0 Å². The fourth-order valence-electron chi connectivity index (χ4n) is 1.76. The smallest absolute Gasteiger partial charge is 0.191 e. The van der Waals surface area contributed by atoms with Crippen molar-refractivity contribution < 1.29 is 9.47 Å². The second-order valence-corrected chi connectivity index (χ2v) is 5.11. The molecule has 0 radical (unpaired) electrons. The summed E-state index contributed by atoms with van der Waals surface area (Å²) in [5, 5.41) is 6.57. The van der Waals surface area contributed by atoms with E-state index in [-0.39, 0.29) is 24.0 Å². The zero-order valence-corrected chi connectivity index (χ0v) is 15.9. The average Bonchev–Trinajstić information content (AvgIpc) is 3.26. The second-order valence-electron chi connectivity index (χ2n) is 5.11. The quantitative estimate of drug-likeness (QED) is 0.223. The first kappa shape index (κ1) is 20.9. The SMILES string of the molecule is CCNC(=NCCCOCC1CC1)NCCCOCC.I. The minimum absolute atomic E-state index is 0. The van der Waals surface area contributed by atoms with Gasteiger partial charge in [-0.2, -0.15) is 0 Å². The zero-order valence-electron chi connectivity index (χ0n) is 13.5. The predicted octanol–water partition coefficient (Wildman–Crippen LogP) is 2.40. The molecule has 0 atom stereocenters. The summed E-state index contributed by atoms with van der Waals surface area (Å²) in [7, 11) is 0. The van der Waals surface area contributed by atoms with Gasteiger partial charge in [0.15, 0.2) is 5.96 Å². The van der Waals surface area contributed by atoms with Gasteiger partial charge in [0.05, 0.1) is 0 Å². The maximum Gasteiger partial charge on any atom is 0.191 e. The van der Waals surface area contributed by atoms with Crippen molar-refractivity contribution >= 4 is 29.9 Å². The van der Waals surface area contributed by atoms with Crippen LogP contribution in [0.5, 0.6) is 0 Å². The number of nitrogens with one attached hydrogen (secondary N) is 2. The van der Waals surface area contributed by atoms with Gasteiger partial charge in [-0.3, -0.25) is 4.99 Å². The Morgan fingerprint density at radius 2 is 1.86 bits per heavy atom. The third-order valence-corrected chi connectivity index (χ3v) is 3.07. The minimum Gasteiger partial charge on any atom is -0.382 e. The summed E-state index contributed by atoms with van der Waals surface area (Å²) in [5.74, 6) is 1.74. The Hall–Kier alpha value is -0.0800. The summed E-state index contributed by atoms with van der Waals surface area (Å²) < 4.78 is 10.9. The Morgan fingerprint density at radius 1 is 1.10 bits per heavy atom. The number of ether oxygens (including phenoxy) is 2. The molecule has 0 bridgehead atoms. The van der Waals surface area contributed by atoms with Crippen molar-refractivity contribution in [2.75, 3.05) is 46.1 Å². The molecule has 21 heavy (non-hydrogen) atoms. The molecule has 0 spiro atoms. The summed E-state index contributed by atoms with van der Waals surface area (Å²) in [6.45, 7) is 10.0. The van der Waals surface area contributed by atoms with E-state index in [0.717, 1.165) is 70.8 Å². The number of nitrogens with zero attached hydrogens (tertiary/aromatic N) is 1. The first-order chi connectivity index (χ1) is 9.86. The van der Waals surface area contributed by atoms with Crippen LogP contribution in [-0.2, 0) is 9.47 Å². The Morgan fingerprint density at radius 3 is 2.52 bits per heavy atom. The van der Waals surface area contributed by atoms with Crippen LogP contribution in [0.1, 0.15) is 39.5 Å². The van der Waals surface area contributed by atoms with Crippen LogP contribution in [0.2, 0.25) is 0 Å². The molecule has 0 aliphatic heterocycles. The molecule has 1 fully saturated rings. The second kappa shape index (κ2) is 14.8. The standard InChI is InChI=1S/C15H31N3O2.HI/c1-3-16-15(17-9-5-11-19-4-2)18-10-6-12-20-13-14-7-8-14;/h14H,3-13H2,1-2H3,(H2,16,17,18);1H. The summed E-state index contributed by atoms with van der Waals surface area (Å²) in [4.78, 5) is 4.54. The maximum absolute atomic E-state index is 5.60. The van der Waals surface area contributed by atoms with Crippen LogP contribution < -0.4 is 10.6 Å². The molecule has 0 aromatic heterocycles. The molecule has 1 aliphatic rings. The van der Waals surface area contributed by atoms with Crippen LogP contribution in [-0.4, -0.2) is 52.0 Å². The Balaban J connectivity index is 0.00000400. The molecule has 126 valence electrons. The van der Waals surface area contributed by atoms with Gasteiger partial charge in [-0.25, -0.2) is 0 Å². The number of guanidine groups is 1. The third kappa shape index (κ3) is 13.3. The number of aliphatic imine (C=N–C) groups is 1. The lowest BCUT2D eigenvalue weighted by atomic mass is 10.4. The molecule has 0 saturated heterocycles. The molecule has 0 unspecified atom stereocenters. The van der Waals surface area contributed by atoms with Gasteiger partial charge in [0, 0.05) is 46.1 Å². The van der Waals surface area contributed by atoms with Gasteiger partial charge in [0.2, 0.25) is 0 Å². The molecule has 1 aliphatic carbocycles. The zero-order chi connectivity index (χ0) is 14.5. The Bertz CT molecular complexity index is 261. The first-order valence-corrected chi connectivity index (χ1v) is 8.04. The summed E-state index contributed by atoms with van der Waals surface area (Å²) in [6.07, 6.45) is 4.70.